The lowest BCUT2D eigenvalue weighted by Gasteiger charge is -2.37. The zero-order valence-corrected chi connectivity index (χ0v) is 24.3. The molecule has 5 N–H and O–H groups in total. The normalized spacial score (nSPS) is 23.1. The van der Waals surface area contributed by atoms with Crippen LogP contribution in [0.15, 0.2) is 48.5 Å². The Labute approximate surface area is 249 Å². The van der Waals surface area contributed by atoms with Crippen LogP contribution in [0.3, 0.4) is 0 Å². The highest BCUT2D eigenvalue weighted by atomic mass is 35.5. The zero-order valence-electron chi connectivity index (χ0n) is 22.7. The lowest BCUT2D eigenvalue weighted by Crippen LogP contribution is -2.50. The molecule has 7 nitrogen and oxygen atoms in total. The largest absolute Gasteiger partial charge is 0.366 e. The molecule has 12 heteroatoms. The van der Waals surface area contributed by atoms with Gasteiger partial charge in [0.05, 0.1) is 16.8 Å². The van der Waals surface area contributed by atoms with Gasteiger partial charge >= 0.3 is 0 Å². The topological polar surface area (TPSA) is 113 Å². The zero-order chi connectivity index (χ0) is 30.7. The summed E-state index contributed by atoms with van der Waals surface area (Å²) < 4.78 is 46.6. The lowest BCUT2D eigenvalue weighted by atomic mass is 9.62. The Morgan fingerprint density at radius 1 is 1.05 bits per heavy atom. The maximum atomic E-state index is 15.9. The van der Waals surface area contributed by atoms with Gasteiger partial charge in [0.2, 0.25) is 17.7 Å². The van der Waals surface area contributed by atoms with E-state index in [0.717, 1.165) is 12.1 Å². The SMILES string of the molecule is CC(C)(C)CC1N[C@@H](C(=O)Nc2ccc(C(N)=O)cc2F)[C@H](c2cccc(Cl)c2F)[C@]12C(=O)Nc1cc(Cl)cc(F)c12. The molecule has 42 heavy (non-hydrogen) atoms. The minimum absolute atomic E-state index is 0.0385. The molecule has 1 saturated heterocycles. The summed E-state index contributed by atoms with van der Waals surface area (Å²) >= 11 is 12.3. The van der Waals surface area contributed by atoms with Crippen molar-refractivity contribution in [3.05, 3.63) is 92.7 Å². The number of hydrogen-bond acceptors (Lipinski definition) is 4. The van der Waals surface area contributed by atoms with Gasteiger partial charge in [0.25, 0.3) is 0 Å². The van der Waals surface area contributed by atoms with Crippen molar-refractivity contribution in [1.29, 1.82) is 0 Å². The predicted octanol–water partition coefficient (Wildman–Crippen LogP) is 5.90. The van der Waals surface area contributed by atoms with E-state index in [-0.39, 0.29) is 44.5 Å². The third-order valence-electron chi connectivity index (χ3n) is 7.77. The van der Waals surface area contributed by atoms with Crippen LogP contribution in [0.1, 0.15) is 54.6 Å². The van der Waals surface area contributed by atoms with Gasteiger partial charge in [-0.2, -0.15) is 0 Å². The molecule has 5 rings (SSSR count). The number of nitrogens with one attached hydrogen (secondary N) is 3. The predicted molar refractivity (Wildman–Crippen MR) is 154 cm³/mol. The van der Waals surface area contributed by atoms with Crippen molar-refractivity contribution in [3.63, 3.8) is 0 Å². The molecule has 2 aliphatic heterocycles. The first kappa shape index (κ1) is 29.9. The molecule has 4 atom stereocenters. The number of carbonyl (C=O) groups excluding carboxylic acids is 3. The number of anilines is 2. The molecule has 220 valence electrons. The van der Waals surface area contributed by atoms with Crippen LogP contribution >= 0.6 is 23.2 Å². The van der Waals surface area contributed by atoms with Gasteiger partial charge in [-0.15, -0.1) is 0 Å². The van der Waals surface area contributed by atoms with E-state index in [9.17, 15) is 18.8 Å². The van der Waals surface area contributed by atoms with Gasteiger partial charge in [0, 0.05) is 33.8 Å². The standard InChI is InChI=1S/C30H27Cl2F3N4O3/c1-29(2,3)12-21-30(23-18(34)10-14(31)11-20(23)38-28(30)42)22(15-5-4-6-16(32)24(15)35)25(39-21)27(41)37-19-8-7-13(26(36)40)9-17(19)33/h4-11,21-22,25,39H,12H2,1-3H3,(H2,36,40)(H,37,41)(H,38,42)/t21?,22-,25+,30+/m0/s1. The lowest BCUT2D eigenvalue weighted by molar-refractivity contribution is -0.122. The Balaban J connectivity index is 1.73. The summed E-state index contributed by atoms with van der Waals surface area (Å²) in [5, 5.41) is 8.13. The molecule has 0 saturated carbocycles. The van der Waals surface area contributed by atoms with E-state index in [1.165, 1.54) is 36.4 Å². The molecular weight excluding hydrogens is 592 g/mol. The molecule has 0 radical (unpaired) electrons. The van der Waals surface area contributed by atoms with E-state index in [0.29, 0.717) is 0 Å². The van der Waals surface area contributed by atoms with Crippen molar-refractivity contribution in [2.24, 2.45) is 11.1 Å². The van der Waals surface area contributed by atoms with Crippen molar-refractivity contribution >= 4 is 52.3 Å². The number of hydrogen-bond donors (Lipinski definition) is 4. The van der Waals surface area contributed by atoms with Crippen LogP contribution in [-0.2, 0) is 15.0 Å². The Morgan fingerprint density at radius 3 is 2.40 bits per heavy atom. The van der Waals surface area contributed by atoms with Crippen LogP contribution < -0.4 is 21.7 Å². The van der Waals surface area contributed by atoms with Crippen molar-refractivity contribution in [3.8, 4) is 0 Å². The molecule has 1 unspecified atom stereocenters. The number of nitrogens with two attached hydrogens (primary N) is 1. The van der Waals surface area contributed by atoms with Gasteiger partial charge in [-0.25, -0.2) is 13.2 Å². The third-order valence-corrected chi connectivity index (χ3v) is 8.28. The fraction of sp³-hybridized carbons (Fsp3) is 0.300. The molecule has 0 aliphatic carbocycles. The second kappa shape index (κ2) is 10.6. The summed E-state index contributed by atoms with van der Waals surface area (Å²) in [6.07, 6.45) is 0.256. The summed E-state index contributed by atoms with van der Waals surface area (Å²) in [6, 6.07) is 7.64. The van der Waals surface area contributed by atoms with E-state index in [2.05, 4.69) is 16.0 Å². The highest BCUT2D eigenvalue weighted by Crippen LogP contribution is 2.58. The molecule has 0 aromatic heterocycles. The van der Waals surface area contributed by atoms with Crippen molar-refractivity contribution in [2.45, 2.75) is 50.6 Å². The van der Waals surface area contributed by atoms with Crippen LogP contribution in [0.4, 0.5) is 24.5 Å². The molecule has 3 aromatic carbocycles. The number of fused-ring (bicyclic) bond motifs is 2. The van der Waals surface area contributed by atoms with Crippen molar-refractivity contribution < 1.29 is 27.6 Å². The molecule has 1 spiro atoms. The maximum Gasteiger partial charge on any atom is 0.248 e. The molecule has 3 aromatic rings. The Hall–Kier alpha value is -3.60. The molecule has 1 fully saturated rings. The first-order chi connectivity index (χ1) is 19.6. The number of amides is 3. The monoisotopic (exact) mass is 618 g/mol. The van der Waals surface area contributed by atoms with Gasteiger partial charge in [0.15, 0.2) is 0 Å². The summed E-state index contributed by atoms with van der Waals surface area (Å²) in [5.41, 5.74) is 2.49. The van der Waals surface area contributed by atoms with Crippen LogP contribution in [0.25, 0.3) is 0 Å². The molecule has 3 amide bonds. The highest BCUT2D eigenvalue weighted by Gasteiger charge is 2.67. The first-order valence-electron chi connectivity index (χ1n) is 13.1. The van der Waals surface area contributed by atoms with Crippen molar-refractivity contribution in [2.75, 3.05) is 10.6 Å². The quantitative estimate of drug-likeness (QED) is 0.285. The van der Waals surface area contributed by atoms with Gasteiger partial charge in [0.1, 0.15) is 22.9 Å². The Morgan fingerprint density at radius 2 is 1.76 bits per heavy atom. The fourth-order valence-corrected chi connectivity index (χ4v) is 6.60. The number of benzene rings is 3. The van der Waals surface area contributed by atoms with Crippen molar-refractivity contribution in [1.82, 2.24) is 5.32 Å². The summed E-state index contributed by atoms with van der Waals surface area (Å²) in [7, 11) is 0. The fourth-order valence-electron chi connectivity index (χ4n) is 6.21. The Bertz CT molecular complexity index is 1640. The molecular formula is C30H27Cl2F3N4O3. The first-order valence-corrected chi connectivity index (χ1v) is 13.8. The number of halogens is 5. The van der Waals surface area contributed by atoms with Gasteiger partial charge in [-0.1, -0.05) is 56.1 Å². The minimum Gasteiger partial charge on any atom is -0.366 e. The maximum absolute atomic E-state index is 15.9. The van der Waals surface area contributed by atoms with E-state index in [1.54, 1.807) is 0 Å². The van der Waals surface area contributed by atoms with Crippen LogP contribution in [0.2, 0.25) is 10.0 Å². The summed E-state index contributed by atoms with van der Waals surface area (Å²) in [5.74, 6) is -6.30. The van der Waals surface area contributed by atoms with Crippen LogP contribution in [0.5, 0.6) is 0 Å². The number of primary amides is 1. The van der Waals surface area contributed by atoms with Gasteiger partial charge in [-0.3, -0.25) is 14.4 Å². The minimum atomic E-state index is -1.83. The average molecular weight is 619 g/mol. The second-order valence-corrected chi connectivity index (χ2v) is 12.6. The van der Waals surface area contributed by atoms with Crippen LogP contribution in [0, 0.1) is 22.9 Å². The average Bonchev–Trinajstić information content (AvgIpc) is 3.35. The smallest absolute Gasteiger partial charge is 0.248 e. The molecule has 2 heterocycles. The summed E-state index contributed by atoms with van der Waals surface area (Å²) in [4.78, 5) is 39.5. The highest BCUT2D eigenvalue weighted by molar-refractivity contribution is 6.31. The van der Waals surface area contributed by atoms with E-state index >= 15 is 8.78 Å². The third kappa shape index (κ3) is 4.91. The second-order valence-electron chi connectivity index (χ2n) is 11.8. The molecule has 0 bridgehead atoms. The van der Waals surface area contributed by atoms with E-state index < -0.39 is 64.0 Å². The number of rotatable bonds is 5. The van der Waals surface area contributed by atoms with E-state index in [1.807, 2.05) is 20.8 Å². The Kier molecular flexibility index (Phi) is 7.53. The number of carbonyl (C=O) groups is 3. The van der Waals surface area contributed by atoms with Gasteiger partial charge < -0.3 is 21.7 Å². The summed E-state index contributed by atoms with van der Waals surface area (Å²) in [6.45, 7) is 5.73. The van der Waals surface area contributed by atoms with Crippen LogP contribution in [-0.4, -0.2) is 29.8 Å². The molecule has 2 aliphatic rings. The van der Waals surface area contributed by atoms with Gasteiger partial charge in [-0.05, 0) is 53.8 Å². The van der Waals surface area contributed by atoms with E-state index in [4.69, 9.17) is 28.9 Å².